The fourth-order valence-corrected chi connectivity index (χ4v) is 9.46. The van der Waals surface area contributed by atoms with Gasteiger partial charge in [-0.2, -0.15) is 0 Å². The van der Waals surface area contributed by atoms with E-state index in [4.69, 9.17) is 11.5 Å². The number of nitrogens with zero attached hydrogens (tertiary/aromatic N) is 2. The summed E-state index contributed by atoms with van der Waals surface area (Å²) in [6, 6.07) is 1.64. The summed E-state index contributed by atoms with van der Waals surface area (Å²) in [6.07, 6.45) is 1.43. The van der Waals surface area contributed by atoms with Gasteiger partial charge in [0, 0.05) is 75.5 Å². The van der Waals surface area contributed by atoms with Gasteiger partial charge < -0.3 is 58.9 Å². The molecule has 6 atom stereocenters. The number of nitrogens with two attached hydrogens (primary N) is 2. The van der Waals surface area contributed by atoms with Crippen LogP contribution in [0, 0.1) is 11.8 Å². The number of carboxylic acids is 1. The van der Waals surface area contributed by atoms with Gasteiger partial charge in [0.25, 0.3) is 0 Å². The molecule has 0 radical (unpaired) electrons. The number of carbonyl (C=O) groups is 11. The van der Waals surface area contributed by atoms with Crippen LogP contribution in [-0.4, -0.2) is 160 Å². The first-order valence-electron chi connectivity index (χ1n) is 25.6. The molecule has 0 spiro atoms. The maximum absolute atomic E-state index is 14.2. The minimum absolute atomic E-state index is 0.00444. The number of imide groups is 1. The number of hydrogen-bond acceptors (Lipinski definition) is 15. The van der Waals surface area contributed by atoms with Crippen LogP contribution in [-0.2, 0) is 59.2 Å². The first kappa shape index (κ1) is 62.7. The Morgan fingerprint density at radius 1 is 0.787 bits per heavy atom. The number of aliphatic carboxylic acids is 1. The Hall–Kier alpha value is -6.63. The van der Waals surface area contributed by atoms with E-state index in [-0.39, 0.29) is 124 Å². The van der Waals surface area contributed by atoms with Crippen LogP contribution >= 0.6 is 11.8 Å². The van der Waals surface area contributed by atoms with Crippen molar-refractivity contribution >= 4 is 82.5 Å². The van der Waals surface area contributed by atoms with Gasteiger partial charge in [-0.15, -0.1) is 11.8 Å². The topological polar surface area (TPSA) is 380 Å². The largest absolute Gasteiger partial charge is 0.508 e. The molecule has 13 N–H and O–H groups in total. The molecule has 1 aromatic carbocycles. The number of thioether (sulfide) groups is 1. The summed E-state index contributed by atoms with van der Waals surface area (Å²) in [7, 11) is 0. The number of aliphatic imine (C=N–C) groups is 1. The van der Waals surface area contributed by atoms with E-state index in [1.54, 1.807) is 0 Å². The lowest BCUT2D eigenvalue weighted by Gasteiger charge is -2.25. The standard InChI is InChI=1S/C50H77N11O13S/c1-29(2)45(70)35(57-30(3)4)11-6-8-19-53-40(64)17-22-61-43(67)27-39(49(61)74)75-23-18-41(65)54-20-7-5-10-34-38(63)25-32(24-31-13-15-33(62)16-14-31)46(71)60-37(26-44(68)69)47(72)56-28-42(66)58-36(48(73)59-34)12-9-21-55-50(51)52/h13-16,29-30,32,34-37,39,57,62H,5-12,17-28H2,1-4H3,(H,53,64)(H,54,65)(H,56,72)(H,58,66)(H,59,73)(H,60,71)(H,68,69)(H4,51,52,55)/t32-,34+,35+,36+,37+,39?/m1/s1. The van der Waals surface area contributed by atoms with Crippen molar-refractivity contribution in [2.45, 2.75) is 153 Å². The van der Waals surface area contributed by atoms with E-state index in [1.165, 1.54) is 36.0 Å². The molecule has 2 aliphatic rings. The highest BCUT2D eigenvalue weighted by atomic mass is 32.2. The molecular formula is C50H77N11O13S. The van der Waals surface area contributed by atoms with Crippen LogP contribution < -0.4 is 48.7 Å². The number of carbonyl (C=O) groups excluding carboxylic acids is 10. The van der Waals surface area contributed by atoms with Gasteiger partial charge in [-0.3, -0.25) is 62.6 Å². The van der Waals surface area contributed by atoms with Gasteiger partial charge in [-0.05, 0) is 75.5 Å². The summed E-state index contributed by atoms with van der Waals surface area (Å²) in [6.45, 7) is 7.62. The van der Waals surface area contributed by atoms with E-state index in [1.807, 2.05) is 27.7 Å². The molecule has 2 saturated heterocycles. The number of phenolic OH excluding ortho intramolecular Hbond substituents is 1. The number of phenols is 1. The third kappa shape index (κ3) is 23.6. The second-order valence-corrected chi connectivity index (χ2v) is 20.6. The van der Waals surface area contributed by atoms with Crippen molar-refractivity contribution in [3.05, 3.63) is 29.8 Å². The second kappa shape index (κ2) is 32.6. The molecule has 75 heavy (non-hydrogen) atoms. The predicted molar refractivity (Wildman–Crippen MR) is 278 cm³/mol. The maximum atomic E-state index is 14.2. The van der Waals surface area contributed by atoms with Crippen LogP contribution in [0.3, 0.4) is 0 Å². The quantitative estimate of drug-likeness (QED) is 0.0207. The number of unbranched alkanes of at least 4 members (excludes halogenated alkanes) is 2. The fourth-order valence-electron chi connectivity index (χ4n) is 8.34. The number of benzene rings is 1. The maximum Gasteiger partial charge on any atom is 0.305 e. The molecule has 2 heterocycles. The van der Waals surface area contributed by atoms with Crippen molar-refractivity contribution in [3.8, 4) is 5.75 Å². The van der Waals surface area contributed by atoms with E-state index >= 15 is 0 Å². The summed E-state index contributed by atoms with van der Waals surface area (Å²) in [5, 5.41) is 37.6. The summed E-state index contributed by atoms with van der Waals surface area (Å²) in [4.78, 5) is 149. The number of nitrogens with one attached hydrogen (secondary N) is 7. The van der Waals surface area contributed by atoms with Gasteiger partial charge >= 0.3 is 5.97 Å². The van der Waals surface area contributed by atoms with Gasteiger partial charge in [0.2, 0.25) is 47.3 Å². The molecule has 0 saturated carbocycles. The molecule has 24 nitrogen and oxygen atoms in total. The molecule has 2 aliphatic heterocycles. The molecule has 0 bridgehead atoms. The normalized spacial score (nSPS) is 20.3. The van der Waals surface area contributed by atoms with Crippen LogP contribution in [0.2, 0.25) is 0 Å². The number of guanidine groups is 1. The highest BCUT2D eigenvalue weighted by Gasteiger charge is 2.39. The van der Waals surface area contributed by atoms with E-state index in [9.17, 15) is 63.0 Å². The predicted octanol–water partition coefficient (Wildman–Crippen LogP) is -0.572. The molecule has 2 fully saturated rings. The highest BCUT2D eigenvalue weighted by molar-refractivity contribution is 8.00. The minimum atomic E-state index is -1.63. The first-order chi connectivity index (χ1) is 35.5. The van der Waals surface area contributed by atoms with Gasteiger partial charge in [-0.1, -0.05) is 39.8 Å². The monoisotopic (exact) mass is 1070 g/mol. The van der Waals surface area contributed by atoms with Crippen molar-refractivity contribution in [2.75, 3.05) is 38.5 Å². The number of likely N-dealkylation sites (tertiary alicyclic amines) is 1. The molecular weight excluding hydrogens is 995 g/mol. The Labute approximate surface area is 441 Å². The number of Topliss-reactive ketones (excluding diaryl/α,β-unsaturated/α-hetero) is 2. The second-order valence-electron chi connectivity index (χ2n) is 19.3. The van der Waals surface area contributed by atoms with Crippen LogP contribution in [0.1, 0.15) is 117 Å². The van der Waals surface area contributed by atoms with Crippen LogP contribution in [0.4, 0.5) is 0 Å². The van der Waals surface area contributed by atoms with E-state index < -0.39 is 95.9 Å². The number of aromatic hydroxyl groups is 1. The lowest BCUT2D eigenvalue weighted by molar-refractivity contribution is -0.141. The number of hydrogen-bond donors (Lipinski definition) is 11. The van der Waals surface area contributed by atoms with E-state index in [2.05, 4.69) is 42.2 Å². The molecule has 8 amide bonds. The Bertz CT molecular complexity index is 2190. The molecule has 416 valence electrons. The van der Waals surface area contributed by atoms with Crippen molar-refractivity contribution < 1.29 is 63.0 Å². The average Bonchev–Trinajstić information content (AvgIpc) is 3.61. The Morgan fingerprint density at radius 3 is 2.07 bits per heavy atom. The van der Waals surface area contributed by atoms with Crippen molar-refractivity contribution in [1.29, 1.82) is 0 Å². The van der Waals surface area contributed by atoms with E-state index in [0.29, 0.717) is 31.4 Å². The molecule has 25 heteroatoms. The third-order valence-corrected chi connectivity index (χ3v) is 13.5. The Morgan fingerprint density at radius 2 is 1.43 bits per heavy atom. The number of amides is 8. The zero-order valence-electron chi connectivity index (χ0n) is 43.4. The van der Waals surface area contributed by atoms with Crippen molar-refractivity contribution in [3.63, 3.8) is 0 Å². The van der Waals surface area contributed by atoms with Crippen LogP contribution in [0.5, 0.6) is 5.75 Å². The minimum Gasteiger partial charge on any atom is -0.508 e. The fraction of sp³-hybridized carbons (Fsp3) is 0.640. The van der Waals surface area contributed by atoms with Crippen LogP contribution in [0.15, 0.2) is 29.3 Å². The molecule has 3 rings (SSSR count). The van der Waals surface area contributed by atoms with Gasteiger partial charge in [-0.25, -0.2) is 0 Å². The third-order valence-electron chi connectivity index (χ3n) is 12.3. The van der Waals surface area contributed by atoms with Crippen molar-refractivity contribution in [1.82, 2.24) is 42.1 Å². The average molecular weight is 1070 g/mol. The number of rotatable bonds is 29. The molecule has 0 aliphatic carbocycles. The molecule has 0 aromatic heterocycles. The molecule has 1 unspecified atom stereocenters. The highest BCUT2D eigenvalue weighted by Crippen LogP contribution is 2.26. The van der Waals surface area contributed by atoms with Gasteiger partial charge in [0.1, 0.15) is 17.8 Å². The first-order valence-corrected chi connectivity index (χ1v) is 26.6. The Balaban J connectivity index is 1.57. The summed E-state index contributed by atoms with van der Waals surface area (Å²) < 4.78 is 0. The number of ketones is 2. The molecule has 1 aromatic rings. The summed E-state index contributed by atoms with van der Waals surface area (Å²) in [5.41, 5.74) is 11.4. The lowest BCUT2D eigenvalue weighted by atomic mass is 9.89. The summed E-state index contributed by atoms with van der Waals surface area (Å²) >= 11 is 1.17. The van der Waals surface area contributed by atoms with Gasteiger partial charge in [0.05, 0.1) is 30.3 Å². The van der Waals surface area contributed by atoms with E-state index in [0.717, 1.165) is 11.3 Å². The Kier molecular flexibility index (Phi) is 27.3. The zero-order valence-corrected chi connectivity index (χ0v) is 44.2. The van der Waals surface area contributed by atoms with Crippen molar-refractivity contribution in [2.24, 2.45) is 28.3 Å². The summed E-state index contributed by atoms with van der Waals surface area (Å²) in [5.74, 6) is -8.02. The van der Waals surface area contributed by atoms with Gasteiger partial charge in [0.15, 0.2) is 17.5 Å². The number of carboxylic acid groups (broad SMARTS) is 1. The SMILES string of the molecule is CC(C)N[C@@H](CCCCNC(=O)CCN1C(=O)CC(SCCC(=O)NCCCC[C@@H]2NC(=O)[C@H](CCCN=C(N)N)NC(=O)CNC(=O)[C@H](CC(=O)O)NC(=O)[C@H](Cc3ccc(O)cc3)CC2=O)C1=O)C(=O)C(C)C. The lowest BCUT2D eigenvalue weighted by Crippen LogP contribution is -2.54. The zero-order chi connectivity index (χ0) is 55.6. The van der Waals surface area contributed by atoms with Crippen LogP contribution in [0.25, 0.3) is 0 Å². The smallest absolute Gasteiger partial charge is 0.305 e.